The molecule has 0 spiro atoms. The first-order valence-corrected chi connectivity index (χ1v) is 6.42. The molecule has 1 aliphatic heterocycles. The number of amides is 2. The number of likely N-dealkylation sites (tertiary alicyclic amines) is 1. The van der Waals surface area contributed by atoms with E-state index in [0.717, 1.165) is 6.08 Å². The number of carbonyl (C=O) groups excluding carboxylic acids is 2. The molecule has 7 nitrogen and oxygen atoms in total. The first-order valence-electron chi connectivity index (χ1n) is 6.42. The van der Waals surface area contributed by atoms with Crippen molar-refractivity contribution in [1.29, 1.82) is 0 Å². The van der Waals surface area contributed by atoms with Crippen LogP contribution in [0, 0.1) is 5.92 Å². The van der Waals surface area contributed by atoms with Crippen molar-refractivity contribution < 1.29 is 19.5 Å². The van der Waals surface area contributed by atoms with Crippen LogP contribution < -0.4 is 5.73 Å². The van der Waals surface area contributed by atoms with E-state index in [2.05, 4.69) is 4.98 Å². The maximum Gasteiger partial charge on any atom is 0.328 e. The van der Waals surface area contributed by atoms with Gasteiger partial charge in [0.05, 0.1) is 11.5 Å². The van der Waals surface area contributed by atoms with E-state index < -0.39 is 11.9 Å². The van der Waals surface area contributed by atoms with Crippen LogP contribution in [0.15, 0.2) is 24.5 Å². The third-order valence-electron chi connectivity index (χ3n) is 3.30. The molecule has 0 aliphatic carbocycles. The Kier molecular flexibility index (Phi) is 4.32. The smallest absolute Gasteiger partial charge is 0.328 e. The monoisotopic (exact) mass is 289 g/mol. The maximum absolute atomic E-state index is 12.3. The molecule has 0 aromatic carbocycles. The zero-order valence-corrected chi connectivity index (χ0v) is 11.2. The molecule has 1 atom stereocenters. The minimum atomic E-state index is -1.07. The summed E-state index contributed by atoms with van der Waals surface area (Å²) >= 11 is 0. The van der Waals surface area contributed by atoms with E-state index in [4.69, 9.17) is 10.8 Å². The zero-order chi connectivity index (χ0) is 15.4. The van der Waals surface area contributed by atoms with Crippen molar-refractivity contribution in [2.45, 2.75) is 6.42 Å². The van der Waals surface area contributed by atoms with E-state index in [1.807, 2.05) is 0 Å². The highest BCUT2D eigenvalue weighted by Gasteiger charge is 2.30. The van der Waals surface area contributed by atoms with Crippen LogP contribution in [-0.4, -0.2) is 45.9 Å². The Balaban J connectivity index is 2.11. The zero-order valence-electron chi connectivity index (χ0n) is 11.2. The first-order chi connectivity index (χ1) is 9.97. The Bertz CT molecular complexity index is 612. The Morgan fingerprint density at radius 3 is 2.76 bits per heavy atom. The number of primary amides is 1. The summed E-state index contributed by atoms with van der Waals surface area (Å²) in [4.78, 5) is 39.4. The predicted molar refractivity (Wildman–Crippen MR) is 74.1 cm³/mol. The number of carboxylic acids is 1. The van der Waals surface area contributed by atoms with E-state index in [1.165, 1.54) is 18.5 Å². The van der Waals surface area contributed by atoms with E-state index in [1.54, 1.807) is 11.0 Å². The van der Waals surface area contributed by atoms with E-state index in [0.29, 0.717) is 30.6 Å². The van der Waals surface area contributed by atoms with Gasteiger partial charge in [-0.1, -0.05) is 0 Å². The van der Waals surface area contributed by atoms with Gasteiger partial charge in [0.2, 0.25) is 5.91 Å². The van der Waals surface area contributed by atoms with Crippen LogP contribution in [0.3, 0.4) is 0 Å². The van der Waals surface area contributed by atoms with Crippen LogP contribution in [0.5, 0.6) is 0 Å². The van der Waals surface area contributed by atoms with E-state index in [-0.39, 0.29) is 11.8 Å². The standard InChI is InChI=1S/C14H15N3O4/c15-13(20)10-3-4-17(8-10)14(21)11-5-9(6-16-7-11)1-2-12(18)19/h1-2,5-7,10H,3-4,8H2,(H2,15,20)(H,18,19)/b2-1+. The molecule has 0 saturated carbocycles. The quantitative estimate of drug-likeness (QED) is 0.765. The van der Waals surface area contributed by atoms with Gasteiger partial charge in [-0.2, -0.15) is 0 Å². The highest BCUT2D eigenvalue weighted by Crippen LogP contribution is 2.18. The van der Waals surface area contributed by atoms with Crippen LogP contribution in [0.1, 0.15) is 22.3 Å². The van der Waals surface area contributed by atoms with Crippen molar-refractivity contribution in [3.63, 3.8) is 0 Å². The summed E-state index contributed by atoms with van der Waals surface area (Å²) in [7, 11) is 0. The summed E-state index contributed by atoms with van der Waals surface area (Å²) in [6, 6.07) is 1.56. The van der Waals surface area contributed by atoms with Gasteiger partial charge < -0.3 is 15.7 Å². The number of nitrogens with two attached hydrogens (primary N) is 1. The summed E-state index contributed by atoms with van der Waals surface area (Å²) in [5.41, 5.74) is 6.11. The van der Waals surface area contributed by atoms with Gasteiger partial charge in [-0.25, -0.2) is 4.79 Å². The molecule has 21 heavy (non-hydrogen) atoms. The number of nitrogens with zero attached hydrogens (tertiary/aromatic N) is 2. The number of aromatic nitrogens is 1. The molecule has 110 valence electrons. The molecule has 1 aromatic rings. The molecule has 2 amide bonds. The van der Waals surface area contributed by atoms with Crippen LogP contribution in [0.25, 0.3) is 6.08 Å². The minimum Gasteiger partial charge on any atom is -0.478 e. The largest absolute Gasteiger partial charge is 0.478 e. The number of carbonyl (C=O) groups is 3. The lowest BCUT2D eigenvalue weighted by molar-refractivity contribution is -0.131. The first kappa shape index (κ1) is 14.7. The Morgan fingerprint density at radius 2 is 2.14 bits per heavy atom. The van der Waals surface area contributed by atoms with E-state index in [9.17, 15) is 14.4 Å². The second-order valence-electron chi connectivity index (χ2n) is 4.82. The van der Waals surface area contributed by atoms with Gasteiger partial charge in [-0.3, -0.25) is 14.6 Å². The molecule has 1 aromatic heterocycles. The van der Waals surface area contributed by atoms with Crippen molar-refractivity contribution in [2.75, 3.05) is 13.1 Å². The Morgan fingerprint density at radius 1 is 1.38 bits per heavy atom. The molecule has 2 rings (SSSR count). The van der Waals surface area contributed by atoms with Gasteiger partial charge >= 0.3 is 5.97 Å². The Labute approximate surface area is 121 Å². The molecule has 3 N–H and O–H groups in total. The fourth-order valence-corrected chi connectivity index (χ4v) is 2.19. The molecule has 2 heterocycles. The lowest BCUT2D eigenvalue weighted by atomic mass is 10.1. The van der Waals surface area contributed by atoms with Crippen molar-refractivity contribution in [1.82, 2.24) is 9.88 Å². The maximum atomic E-state index is 12.3. The fraction of sp³-hybridized carbons (Fsp3) is 0.286. The molecule has 0 bridgehead atoms. The average Bonchev–Trinajstić information content (AvgIpc) is 2.94. The van der Waals surface area contributed by atoms with Crippen LogP contribution in [-0.2, 0) is 9.59 Å². The molecule has 1 saturated heterocycles. The van der Waals surface area contributed by atoms with Crippen molar-refractivity contribution in [2.24, 2.45) is 11.7 Å². The summed E-state index contributed by atoms with van der Waals surface area (Å²) < 4.78 is 0. The highest BCUT2D eigenvalue weighted by molar-refractivity contribution is 5.95. The van der Waals surface area contributed by atoms with Gasteiger partial charge in [0, 0.05) is 31.6 Å². The number of hydrogen-bond acceptors (Lipinski definition) is 4. The average molecular weight is 289 g/mol. The van der Waals surface area contributed by atoms with Crippen LogP contribution in [0.4, 0.5) is 0 Å². The second-order valence-corrected chi connectivity index (χ2v) is 4.82. The van der Waals surface area contributed by atoms with Gasteiger partial charge in [-0.15, -0.1) is 0 Å². The molecular weight excluding hydrogens is 274 g/mol. The normalized spacial score (nSPS) is 18.1. The number of hydrogen-bond donors (Lipinski definition) is 2. The number of aliphatic carboxylic acids is 1. The third-order valence-corrected chi connectivity index (χ3v) is 3.30. The lowest BCUT2D eigenvalue weighted by Crippen LogP contribution is -2.31. The van der Waals surface area contributed by atoms with Crippen molar-refractivity contribution >= 4 is 23.9 Å². The van der Waals surface area contributed by atoms with Gasteiger partial charge in [0.15, 0.2) is 0 Å². The molecule has 7 heteroatoms. The molecule has 0 radical (unpaired) electrons. The summed E-state index contributed by atoms with van der Waals surface area (Å²) in [6.07, 6.45) is 5.78. The Hall–Kier alpha value is -2.70. The SMILES string of the molecule is NC(=O)C1CCN(C(=O)c2cncc(/C=C/C(=O)O)c2)C1. The molecule has 1 fully saturated rings. The molecule has 1 unspecified atom stereocenters. The third kappa shape index (κ3) is 3.65. The summed E-state index contributed by atoms with van der Waals surface area (Å²) in [5, 5.41) is 8.58. The van der Waals surface area contributed by atoms with Crippen molar-refractivity contribution in [3.8, 4) is 0 Å². The van der Waals surface area contributed by atoms with Crippen LogP contribution in [0.2, 0.25) is 0 Å². The second kappa shape index (κ2) is 6.17. The highest BCUT2D eigenvalue weighted by atomic mass is 16.4. The van der Waals surface area contributed by atoms with Crippen LogP contribution >= 0.6 is 0 Å². The predicted octanol–water partition coefficient (Wildman–Crippen LogP) is 0.127. The molecule has 1 aliphatic rings. The fourth-order valence-electron chi connectivity index (χ4n) is 2.19. The summed E-state index contributed by atoms with van der Waals surface area (Å²) in [5.74, 6) is -2.02. The van der Waals surface area contributed by atoms with Gasteiger partial charge in [0.25, 0.3) is 5.91 Å². The molecular formula is C14H15N3O4. The van der Waals surface area contributed by atoms with Gasteiger partial charge in [0.1, 0.15) is 0 Å². The summed E-state index contributed by atoms with van der Waals surface area (Å²) in [6.45, 7) is 0.783. The topological polar surface area (TPSA) is 114 Å². The number of pyridine rings is 1. The number of carboxylic acid groups (broad SMARTS) is 1. The number of rotatable bonds is 4. The van der Waals surface area contributed by atoms with Gasteiger partial charge in [-0.05, 0) is 24.1 Å². The van der Waals surface area contributed by atoms with Crippen molar-refractivity contribution in [3.05, 3.63) is 35.7 Å². The van der Waals surface area contributed by atoms with E-state index >= 15 is 0 Å². The minimum absolute atomic E-state index is 0.239. The lowest BCUT2D eigenvalue weighted by Gasteiger charge is -2.15.